The number of anilines is 1. The Hall–Kier alpha value is -5.60. The molecule has 15 nitrogen and oxygen atoms in total. The zero-order valence-electron chi connectivity index (χ0n) is 25.6. The molecule has 4 aromatic carbocycles. The zero-order chi connectivity index (χ0) is 32.7. The van der Waals surface area contributed by atoms with E-state index in [0.717, 1.165) is 18.2 Å². The fourth-order valence-electron chi connectivity index (χ4n) is 3.67. The van der Waals surface area contributed by atoms with Gasteiger partial charge >= 0.3 is 20.2 Å². The van der Waals surface area contributed by atoms with Gasteiger partial charge in [0.25, 0.3) is 5.56 Å². The summed E-state index contributed by atoms with van der Waals surface area (Å²) in [5.41, 5.74) is 14.0. The van der Waals surface area contributed by atoms with Crippen LogP contribution in [-0.2, 0) is 27.5 Å². The zero-order valence-corrected chi connectivity index (χ0v) is 25.7. The molecule has 0 atom stereocenters. The van der Waals surface area contributed by atoms with Crippen molar-refractivity contribution in [3.63, 3.8) is 0 Å². The van der Waals surface area contributed by atoms with Crippen molar-refractivity contribution in [3.05, 3.63) is 118 Å². The number of hydrogen-bond donors (Lipinski definition) is 1. The maximum atomic E-state index is 12.4. The summed E-state index contributed by atoms with van der Waals surface area (Å²) < 4.78 is 33.9. The first-order chi connectivity index (χ1) is 21.3. The number of aromatic nitrogens is 2. The quantitative estimate of drug-likeness (QED) is 0.145. The third kappa shape index (κ3) is 8.52. The fraction of sp³-hybridized carbons (Fsp3) is 0.0345. The van der Waals surface area contributed by atoms with Crippen LogP contribution < -0.4 is 26.6 Å². The number of azo groups is 2. The van der Waals surface area contributed by atoms with Crippen LogP contribution in [0, 0.1) is 6.92 Å². The number of benzene rings is 4. The van der Waals surface area contributed by atoms with Crippen LogP contribution in [0.5, 0.6) is 5.75 Å². The molecule has 1 radical (unpaired) electrons. The summed E-state index contributed by atoms with van der Waals surface area (Å²) in [6, 6.07) is 21.9. The Balaban J connectivity index is 0.000000456. The molecule has 0 aliphatic heterocycles. The van der Waals surface area contributed by atoms with Gasteiger partial charge in [0.15, 0.2) is 0 Å². The van der Waals surface area contributed by atoms with Crippen molar-refractivity contribution in [2.45, 2.75) is 11.8 Å². The molecule has 0 spiro atoms. The molecule has 0 aliphatic carbocycles. The van der Waals surface area contributed by atoms with E-state index in [9.17, 15) is 32.8 Å². The standard InChI is InChI=1S/C17H14N4O3.C12H11N4O4S.Cr/c1-11-15(16(22)21(20-11)12-7-3-2-4-8-12)19-18-14-10-6-5-9-13(14)17(23)24;13-7-1-3-10(9(14)5-7)15-16-11-6-8(21(18,19)20)2-4-12(11)17;/h2-10H,1H3,(H2,18,20,22,23,24);1-6H,(H5-,13,14,15,16,17,18,19,20);/q;-1;+3/p-2. The molecule has 0 saturated heterocycles. The number of para-hydroxylation sites is 1. The number of nitrogens with zero attached hydrogens (tertiary/aromatic N) is 6. The first kappa shape index (κ1) is 34.9. The van der Waals surface area contributed by atoms with Gasteiger partial charge in [-0.1, -0.05) is 61.2 Å². The number of carboxylic acid groups (broad SMARTS) is 1. The summed E-state index contributed by atoms with van der Waals surface area (Å²) in [6.45, 7) is 1.64. The number of carboxylic acids is 1. The number of carbonyl (C=O) groups excluding carboxylic acids is 1. The number of nitrogen functional groups attached to an aromatic ring is 1. The Kier molecular flexibility index (Phi) is 11.3. The van der Waals surface area contributed by atoms with Gasteiger partial charge in [-0.3, -0.25) is 4.79 Å². The third-order valence-corrected chi connectivity index (χ3v) is 6.71. The summed E-state index contributed by atoms with van der Waals surface area (Å²) in [5, 5.41) is 41.8. The molecule has 5 rings (SSSR count). The van der Waals surface area contributed by atoms with E-state index in [1.54, 1.807) is 43.3 Å². The van der Waals surface area contributed by atoms with Crippen molar-refractivity contribution in [1.29, 1.82) is 0 Å². The van der Waals surface area contributed by atoms with Gasteiger partial charge in [-0.2, -0.15) is 10.2 Å². The minimum absolute atomic E-state index is 0. The molecular weight excluding hydrogens is 656 g/mol. The van der Waals surface area contributed by atoms with Crippen LogP contribution >= 0.6 is 0 Å². The molecular formula is C29H23CrN8O7S. The number of aryl methyl sites for hydroxylation is 1. The van der Waals surface area contributed by atoms with E-state index in [1.807, 2.05) is 6.07 Å². The van der Waals surface area contributed by atoms with Crippen LogP contribution in [-0.4, -0.2) is 23.6 Å². The van der Waals surface area contributed by atoms with Gasteiger partial charge < -0.3 is 40.8 Å². The average molecular weight is 680 g/mol. The average Bonchev–Trinajstić information content (AvgIpc) is 3.29. The smallest absolute Gasteiger partial charge is 0.871 e. The summed E-state index contributed by atoms with van der Waals surface area (Å²) in [5.74, 6) is -1.95. The van der Waals surface area contributed by atoms with E-state index >= 15 is 0 Å². The molecule has 0 unspecified atom stereocenters. The minimum atomic E-state index is -4.68. The summed E-state index contributed by atoms with van der Waals surface area (Å²) >= 11 is 0. The second kappa shape index (κ2) is 14.9. The summed E-state index contributed by atoms with van der Waals surface area (Å²) in [4.78, 5) is 22.9. The van der Waals surface area contributed by atoms with E-state index in [0.29, 0.717) is 17.1 Å². The van der Waals surface area contributed by atoms with Crippen LogP contribution in [0.2, 0.25) is 0 Å². The van der Waals surface area contributed by atoms with Crippen LogP contribution in [0.15, 0.2) is 121 Å². The van der Waals surface area contributed by atoms with Gasteiger partial charge in [0.2, 0.25) is 0 Å². The minimum Gasteiger partial charge on any atom is -0.871 e. The maximum absolute atomic E-state index is 12.4. The topological polar surface area (TPSA) is 256 Å². The fourth-order valence-corrected chi connectivity index (χ4v) is 4.16. The van der Waals surface area contributed by atoms with Crippen molar-refractivity contribution in [2.24, 2.45) is 20.5 Å². The van der Waals surface area contributed by atoms with Gasteiger partial charge in [0.05, 0.1) is 27.9 Å². The molecule has 1 aromatic heterocycles. The molecule has 0 aliphatic rings. The number of hydrogen-bond acceptors (Lipinski definition) is 12. The largest absolute Gasteiger partial charge is 3.00 e. The van der Waals surface area contributed by atoms with Crippen molar-refractivity contribution in [3.8, 4) is 11.4 Å². The van der Waals surface area contributed by atoms with Crippen LogP contribution in [0.3, 0.4) is 0 Å². The first-order valence-electron chi connectivity index (χ1n) is 12.7. The van der Waals surface area contributed by atoms with E-state index in [1.165, 1.54) is 35.0 Å². The Bertz CT molecular complexity index is 2110. The molecule has 0 amide bonds. The summed E-state index contributed by atoms with van der Waals surface area (Å²) in [7, 11) is -4.68. The van der Waals surface area contributed by atoms with E-state index in [-0.39, 0.29) is 54.2 Å². The van der Waals surface area contributed by atoms with Crippen molar-refractivity contribution in [2.75, 3.05) is 5.73 Å². The number of nitrogens with one attached hydrogen (secondary N) is 1. The first-order valence-corrected chi connectivity index (χ1v) is 14.1. The van der Waals surface area contributed by atoms with Gasteiger partial charge in [-0.25, -0.2) is 8.42 Å². The van der Waals surface area contributed by atoms with Crippen LogP contribution in [0.1, 0.15) is 18.9 Å². The molecule has 3 N–H and O–H groups in total. The molecule has 0 saturated carbocycles. The SMILES string of the molecule is Cc1[n-]n(-c2ccccc2)c(=O)c1N=Nc1ccccc1C(=O)[O-].[Cr+3].[H+].[H+].[NH-]c1cc(N)ccc1N=Nc1cc(S(=O)(=O)[O-])ccc1[O-]. The number of nitrogens with two attached hydrogens (primary N) is 1. The summed E-state index contributed by atoms with van der Waals surface area (Å²) in [6.07, 6.45) is 0. The molecule has 46 heavy (non-hydrogen) atoms. The third-order valence-electron chi connectivity index (χ3n) is 5.88. The van der Waals surface area contributed by atoms with Gasteiger partial charge in [0.1, 0.15) is 15.8 Å². The number of aromatic carboxylic acids is 1. The maximum Gasteiger partial charge on any atom is 3.00 e. The Morgan fingerprint density at radius 3 is 2.17 bits per heavy atom. The van der Waals surface area contributed by atoms with Gasteiger partial charge in [-0.15, -0.1) is 21.6 Å². The number of carbonyl (C=O) groups is 1. The predicted molar refractivity (Wildman–Crippen MR) is 160 cm³/mol. The van der Waals surface area contributed by atoms with Crippen LogP contribution in [0.4, 0.5) is 34.1 Å². The van der Waals surface area contributed by atoms with Crippen molar-refractivity contribution >= 4 is 50.2 Å². The Morgan fingerprint density at radius 1 is 0.891 bits per heavy atom. The molecule has 17 heteroatoms. The molecule has 0 fully saturated rings. The van der Waals surface area contributed by atoms with Crippen molar-refractivity contribution in [1.82, 2.24) is 9.78 Å². The normalized spacial score (nSPS) is 11.2. The monoisotopic (exact) mass is 679 g/mol. The molecule has 233 valence electrons. The molecule has 5 aromatic rings. The Labute approximate surface area is 275 Å². The van der Waals surface area contributed by atoms with Crippen molar-refractivity contribution < 1.29 is 48.2 Å². The van der Waals surface area contributed by atoms with Gasteiger partial charge in [0, 0.05) is 16.9 Å². The number of rotatable bonds is 7. The van der Waals surface area contributed by atoms with E-state index in [2.05, 4.69) is 25.6 Å². The van der Waals surface area contributed by atoms with Gasteiger partial charge in [-0.05, 0) is 42.5 Å². The van der Waals surface area contributed by atoms with Crippen LogP contribution in [0.25, 0.3) is 11.4 Å². The molecule has 1 heterocycles. The molecule has 0 bridgehead atoms. The second-order valence-electron chi connectivity index (χ2n) is 9.05. The Morgan fingerprint density at radius 2 is 1.52 bits per heavy atom. The van der Waals surface area contributed by atoms with E-state index < -0.39 is 32.3 Å². The second-order valence-corrected chi connectivity index (χ2v) is 10.4. The van der Waals surface area contributed by atoms with E-state index in [4.69, 9.17) is 11.5 Å². The predicted octanol–water partition coefficient (Wildman–Crippen LogP) is 4.45.